The zero-order valence-electron chi connectivity index (χ0n) is 41.9. The molecule has 6 amide bonds. The number of alkyl halides is 1. The van der Waals surface area contributed by atoms with Crippen molar-refractivity contribution in [1.29, 1.82) is 0 Å². The number of thiophene rings is 1. The lowest BCUT2D eigenvalue weighted by molar-refractivity contribution is -0.164. The summed E-state index contributed by atoms with van der Waals surface area (Å²) in [4.78, 5) is 122. The number of benzene rings is 3. The van der Waals surface area contributed by atoms with Crippen LogP contribution in [0.15, 0.2) is 77.6 Å². The Bertz CT molecular complexity index is 3200. The van der Waals surface area contributed by atoms with E-state index in [2.05, 4.69) is 15.5 Å². The molecule has 4 N–H and O–H groups in total. The van der Waals surface area contributed by atoms with Gasteiger partial charge in [-0.15, -0.1) is 11.3 Å². The van der Waals surface area contributed by atoms with Crippen molar-refractivity contribution in [2.45, 2.75) is 101 Å². The summed E-state index contributed by atoms with van der Waals surface area (Å²) in [5, 5.41) is 5.63. The highest BCUT2D eigenvalue weighted by atomic mass is 32.1. The number of carbonyl (C=O) groups excluding carboxylic acids is 6. The predicted octanol–water partition coefficient (Wildman–Crippen LogP) is 3.89. The summed E-state index contributed by atoms with van der Waals surface area (Å²) in [6.07, 6.45) is 0.154. The van der Waals surface area contributed by atoms with E-state index in [1.54, 1.807) is 32.7 Å². The van der Waals surface area contributed by atoms with E-state index in [4.69, 9.17) is 9.47 Å². The molecule has 8 heterocycles. The second-order valence-corrected chi connectivity index (χ2v) is 24.0. The molecule has 3 unspecified atom stereocenters. The molecule has 11 rings (SSSR count). The lowest BCUT2D eigenvalue weighted by atomic mass is 9.85. The van der Waals surface area contributed by atoms with Crippen LogP contribution in [0.2, 0.25) is 0 Å². The summed E-state index contributed by atoms with van der Waals surface area (Å²) in [7, 11) is -3.42. The Hall–Kier alpha value is -6.13. The predicted molar refractivity (Wildman–Crippen MR) is 273 cm³/mol. The molecule has 20 nitrogen and oxygen atoms in total. The van der Waals surface area contributed by atoms with Gasteiger partial charge in [-0.1, -0.05) is 63.2 Å². The topological polar surface area (TPSA) is 242 Å². The second-order valence-electron chi connectivity index (χ2n) is 21.3. The molecule has 398 valence electrons. The van der Waals surface area contributed by atoms with Gasteiger partial charge in [-0.3, -0.25) is 52.7 Å². The third kappa shape index (κ3) is 10.3. The molecule has 0 radical (unpaired) electrons. The molecule has 0 saturated carbocycles. The maximum atomic E-state index is 15.0. The Labute approximate surface area is 434 Å². The highest BCUT2D eigenvalue weighted by Crippen LogP contribution is 2.53. The van der Waals surface area contributed by atoms with Crippen molar-refractivity contribution >= 4 is 75.5 Å². The van der Waals surface area contributed by atoms with Gasteiger partial charge < -0.3 is 39.3 Å². The highest BCUT2D eigenvalue weighted by molar-refractivity contribution is 7.51. The quantitative estimate of drug-likeness (QED) is 0.0968. The number of hydrogen-bond acceptors (Lipinski definition) is 12. The number of rotatable bonds is 13. The number of aryl methyl sites for hydroxylation is 1. The van der Waals surface area contributed by atoms with Crippen LogP contribution >= 0.6 is 18.9 Å². The van der Waals surface area contributed by atoms with Crippen LogP contribution in [0.3, 0.4) is 0 Å². The Kier molecular flexibility index (Phi) is 14.3. The molecule has 75 heavy (non-hydrogen) atoms. The molecule has 0 spiro atoms. The molecule has 6 aliphatic rings. The van der Waals surface area contributed by atoms with Crippen LogP contribution in [0.1, 0.15) is 90.9 Å². The molecule has 5 aromatic rings. The number of aromatic nitrogens is 2. The van der Waals surface area contributed by atoms with Gasteiger partial charge in [0.1, 0.15) is 30.8 Å². The van der Waals surface area contributed by atoms with Crippen molar-refractivity contribution in [3.05, 3.63) is 105 Å². The van der Waals surface area contributed by atoms with Crippen molar-refractivity contribution in [3.63, 3.8) is 0 Å². The smallest absolute Gasteiger partial charge is 0.363 e. The maximum absolute atomic E-state index is 15.0. The number of morpholine rings is 1. The van der Waals surface area contributed by atoms with Crippen LogP contribution in [0.5, 0.6) is 0 Å². The van der Waals surface area contributed by atoms with Gasteiger partial charge in [0.05, 0.1) is 35.2 Å². The van der Waals surface area contributed by atoms with E-state index in [9.17, 15) is 52.3 Å². The van der Waals surface area contributed by atoms with E-state index in [0.29, 0.717) is 40.8 Å². The zero-order chi connectivity index (χ0) is 53.2. The second kappa shape index (κ2) is 20.4. The van der Waals surface area contributed by atoms with Gasteiger partial charge >= 0.3 is 13.3 Å². The van der Waals surface area contributed by atoms with Crippen LogP contribution < -0.4 is 16.3 Å². The number of hydrogen-bond donors (Lipinski definition) is 4. The van der Waals surface area contributed by atoms with Gasteiger partial charge in [-0.05, 0) is 77.1 Å². The van der Waals surface area contributed by atoms with E-state index in [1.807, 2.05) is 53.4 Å². The molecule has 8 atom stereocenters. The normalized spacial score (nSPS) is 24.3. The SMILES string of the molecule is Cn1c(=O)n(C2CCC(=O)NC2=O)c2ccc(CN3CC4CC(C3)N4C(=O)CO[C@@H]3CCN(C(=O)[C@@H](NC(=O)c4cc5cc([C@H](F)P(=O)(O)O)ccc5s4)C(C)(C)C)[C@@H]3C(=O)N3CCO[C@H](c4ccccc4)C3)cc21. The summed E-state index contributed by atoms with van der Waals surface area (Å²) in [5.41, 5.74) is 1.65. The fourth-order valence-electron chi connectivity index (χ4n) is 11.4. The van der Waals surface area contributed by atoms with Gasteiger partial charge in [0.2, 0.25) is 35.4 Å². The van der Waals surface area contributed by atoms with Crippen molar-refractivity contribution in [1.82, 2.24) is 39.4 Å². The first kappa shape index (κ1) is 52.3. The molecular formula is C52H60FN8O12PS. The summed E-state index contributed by atoms with van der Waals surface area (Å²) in [5.74, 6) is -5.12. The van der Waals surface area contributed by atoms with Gasteiger partial charge in [-0.25, -0.2) is 9.18 Å². The molecule has 23 heteroatoms. The first-order valence-corrected chi connectivity index (χ1v) is 27.6. The van der Waals surface area contributed by atoms with E-state index in [0.717, 1.165) is 28.9 Å². The molecule has 6 aliphatic heterocycles. The van der Waals surface area contributed by atoms with Crippen LogP contribution in [0, 0.1) is 5.41 Å². The number of ether oxygens (including phenoxy) is 2. The van der Waals surface area contributed by atoms with Crippen LogP contribution in [-0.4, -0.2) is 150 Å². The fourth-order valence-corrected chi connectivity index (χ4v) is 12.9. The Balaban J connectivity index is 0.827. The Morgan fingerprint density at radius 1 is 0.947 bits per heavy atom. The molecule has 0 aliphatic carbocycles. The number of nitrogens with one attached hydrogen (secondary N) is 2. The number of piperazine rings is 1. The summed E-state index contributed by atoms with van der Waals surface area (Å²) >= 11 is 1.07. The lowest BCUT2D eigenvalue weighted by Crippen LogP contribution is -2.70. The number of imide groups is 1. The monoisotopic (exact) mass is 1070 g/mol. The minimum atomic E-state index is -5.08. The third-order valence-electron chi connectivity index (χ3n) is 15.2. The number of halogens is 1. The third-order valence-corrected chi connectivity index (χ3v) is 17.2. The number of likely N-dealkylation sites (tertiary alicyclic amines) is 1. The molecule has 6 saturated heterocycles. The Morgan fingerprint density at radius 2 is 1.69 bits per heavy atom. The lowest BCUT2D eigenvalue weighted by Gasteiger charge is -2.56. The average Bonchev–Trinajstić information content (AvgIpc) is 4.08. The van der Waals surface area contributed by atoms with E-state index >= 15 is 0 Å². The largest absolute Gasteiger partial charge is 0.370 e. The molecule has 6 fully saturated rings. The van der Waals surface area contributed by atoms with Gasteiger partial charge in [0.15, 0.2) is 0 Å². The highest BCUT2D eigenvalue weighted by Gasteiger charge is 2.51. The minimum absolute atomic E-state index is 0.0802. The first-order chi connectivity index (χ1) is 35.6. The van der Waals surface area contributed by atoms with E-state index < -0.39 is 67.0 Å². The van der Waals surface area contributed by atoms with Crippen molar-refractivity contribution in [2.24, 2.45) is 12.5 Å². The van der Waals surface area contributed by atoms with Crippen molar-refractivity contribution in [3.8, 4) is 0 Å². The van der Waals surface area contributed by atoms with Gasteiger partial charge in [0.25, 0.3) is 5.91 Å². The van der Waals surface area contributed by atoms with Crippen LogP contribution in [0.4, 0.5) is 4.39 Å². The Morgan fingerprint density at radius 3 is 2.40 bits per heavy atom. The number of carbonyl (C=O) groups is 6. The van der Waals surface area contributed by atoms with Crippen LogP contribution in [0.25, 0.3) is 21.1 Å². The molecule has 3 aromatic carbocycles. The van der Waals surface area contributed by atoms with E-state index in [-0.39, 0.29) is 98.0 Å². The molecule has 2 aromatic heterocycles. The standard InChI is InChI=1S/C52H60FN8O12PS/c1-52(2,3)45(55-48(65)41-22-32-21-31(11-14-40(32)75-41)46(53)74(69,70)71)50(67)59-17-16-38(44(59)49(66)58-18-19-72-39(27-58)30-8-6-5-7-9-30)73-28-43(63)60-33-23-34(60)26-57(25-33)24-29-10-12-35-37(20-29)56(4)51(68)61(35)36-13-15-42(62)54-47(36)64/h5-12,14,20-22,33-34,36,38-39,44-46H,13,15-19,23-28H2,1-4H3,(H,55,65)(H,54,62,64)(H2,69,70,71)/t33?,34?,36?,38-,39+,44+,45-,46-/m1/s1. The zero-order valence-corrected chi connectivity index (χ0v) is 43.6. The summed E-state index contributed by atoms with van der Waals surface area (Å²) < 4.78 is 42.3. The van der Waals surface area contributed by atoms with Crippen molar-refractivity contribution < 1.29 is 57.0 Å². The van der Waals surface area contributed by atoms with E-state index in [1.165, 1.54) is 38.3 Å². The maximum Gasteiger partial charge on any atom is 0.363 e. The minimum Gasteiger partial charge on any atom is -0.370 e. The average molecular weight is 1070 g/mol. The van der Waals surface area contributed by atoms with Gasteiger partial charge in [0, 0.05) is 63.0 Å². The summed E-state index contributed by atoms with van der Waals surface area (Å²) in [6, 6.07) is 17.5. The summed E-state index contributed by atoms with van der Waals surface area (Å²) in [6.45, 7) is 7.63. The van der Waals surface area contributed by atoms with Crippen molar-refractivity contribution in [2.75, 3.05) is 45.9 Å². The molecule has 2 bridgehead atoms. The fraction of sp³-hybridized carbons (Fsp3) is 0.481. The number of imidazole rings is 1. The molecular weight excluding hydrogens is 1010 g/mol. The van der Waals surface area contributed by atoms with Gasteiger partial charge in [-0.2, -0.15) is 0 Å². The number of amides is 6. The number of nitrogens with zero attached hydrogens (tertiary/aromatic N) is 6. The number of fused-ring (bicyclic) bond motifs is 4. The number of piperidine rings is 2. The van der Waals surface area contributed by atoms with Crippen LogP contribution in [-0.2, 0) is 51.6 Å². The first-order valence-electron chi connectivity index (χ1n) is 25.1.